The quantitative estimate of drug-likeness (QED) is 0.353. The highest BCUT2D eigenvalue weighted by Crippen LogP contribution is 2.36. The molecule has 2 aromatic carbocycles. The number of aromatic nitrogens is 1. The number of fused-ring (bicyclic) bond motifs is 1. The fourth-order valence-corrected chi connectivity index (χ4v) is 2.32. The largest absolute Gasteiger partial charge is 0.493 e. The van der Waals surface area contributed by atoms with Crippen LogP contribution in [0.5, 0.6) is 5.88 Å². The molecule has 126 valence electrons. The van der Waals surface area contributed by atoms with E-state index in [0.717, 1.165) is 0 Å². The number of benzene rings is 2. The molecule has 0 saturated carbocycles. The van der Waals surface area contributed by atoms with E-state index in [2.05, 4.69) is 20.5 Å². The van der Waals surface area contributed by atoms with E-state index in [1.807, 2.05) is 0 Å². The second-order valence-corrected chi connectivity index (χ2v) is 5.38. The number of urea groups is 1. The van der Waals surface area contributed by atoms with E-state index in [-0.39, 0.29) is 17.3 Å². The fourth-order valence-electron chi connectivity index (χ4n) is 2.15. The summed E-state index contributed by atoms with van der Waals surface area (Å²) in [5, 5.41) is 31.1. The molecular formula is C15H10ClN5O4. The second-order valence-electron chi connectivity index (χ2n) is 4.95. The minimum Gasteiger partial charge on any atom is -0.493 e. The number of rotatable bonds is 3. The van der Waals surface area contributed by atoms with Crippen LogP contribution in [0.1, 0.15) is 0 Å². The summed E-state index contributed by atoms with van der Waals surface area (Å²) in [5.74, 6) is -0.246. The minimum atomic E-state index is -0.795. The number of halogens is 1. The van der Waals surface area contributed by atoms with Crippen molar-refractivity contribution < 1.29 is 14.8 Å². The average molecular weight is 360 g/mol. The molecule has 3 aromatic rings. The molecule has 0 radical (unpaired) electrons. The number of nitrogens with one attached hydrogen (secondary N) is 2. The number of aromatic amines is 1. The van der Waals surface area contributed by atoms with Gasteiger partial charge in [0.05, 0.1) is 10.4 Å². The van der Waals surface area contributed by atoms with Crippen molar-refractivity contribution >= 4 is 45.6 Å². The maximum atomic E-state index is 11.8. The number of azo groups is 1. The summed E-state index contributed by atoms with van der Waals surface area (Å²) in [5.41, 5.74) is 0.881. The Hall–Kier alpha value is -3.46. The van der Waals surface area contributed by atoms with Crippen molar-refractivity contribution in [3.63, 3.8) is 0 Å². The third-order valence-corrected chi connectivity index (χ3v) is 3.52. The third-order valence-electron chi connectivity index (χ3n) is 3.28. The highest BCUT2D eigenvalue weighted by atomic mass is 35.5. The first-order valence-corrected chi connectivity index (χ1v) is 7.29. The summed E-state index contributed by atoms with van der Waals surface area (Å²) >= 11 is 5.87. The van der Waals surface area contributed by atoms with E-state index in [0.29, 0.717) is 21.6 Å². The van der Waals surface area contributed by atoms with Gasteiger partial charge in [0.15, 0.2) is 5.69 Å². The van der Waals surface area contributed by atoms with Crippen LogP contribution in [0.25, 0.3) is 10.9 Å². The van der Waals surface area contributed by atoms with Gasteiger partial charge >= 0.3 is 6.03 Å². The summed E-state index contributed by atoms with van der Waals surface area (Å²) in [6.45, 7) is 0. The molecule has 0 saturated heterocycles. The zero-order chi connectivity index (χ0) is 18.0. The van der Waals surface area contributed by atoms with Gasteiger partial charge in [-0.15, -0.1) is 5.11 Å². The van der Waals surface area contributed by atoms with Crippen molar-refractivity contribution in [3.05, 3.63) is 57.6 Å². The number of aromatic hydroxyl groups is 1. The van der Waals surface area contributed by atoms with Crippen LogP contribution >= 0.6 is 11.6 Å². The standard InChI is InChI=1S/C15H10ClN5O4/c16-8-1-6-11-12(7-8)18-14(22)13(11)19-20-15(23)17-9-2-4-10(5-3-9)21(24)25/h1-7,18,22H,(H,17,23). The van der Waals surface area contributed by atoms with Crippen LogP contribution in [0.4, 0.5) is 21.9 Å². The fraction of sp³-hybridized carbons (Fsp3) is 0. The molecule has 0 bridgehead atoms. The summed E-state index contributed by atoms with van der Waals surface area (Å²) in [7, 11) is 0. The molecule has 2 amide bonds. The van der Waals surface area contributed by atoms with Crippen molar-refractivity contribution in [1.82, 2.24) is 4.98 Å². The maximum absolute atomic E-state index is 11.8. The molecule has 10 heteroatoms. The lowest BCUT2D eigenvalue weighted by Crippen LogP contribution is -2.05. The van der Waals surface area contributed by atoms with E-state index in [1.165, 1.54) is 24.3 Å². The van der Waals surface area contributed by atoms with Crippen LogP contribution < -0.4 is 5.32 Å². The van der Waals surface area contributed by atoms with Crippen LogP contribution in [0, 0.1) is 10.1 Å². The maximum Gasteiger partial charge on any atom is 0.364 e. The normalized spacial score (nSPS) is 11.1. The molecule has 0 unspecified atom stereocenters. The van der Waals surface area contributed by atoms with Crippen LogP contribution in [-0.2, 0) is 0 Å². The van der Waals surface area contributed by atoms with Gasteiger partial charge in [0.25, 0.3) is 5.69 Å². The number of carbonyl (C=O) groups excluding carboxylic acids is 1. The Morgan fingerprint density at radius 2 is 1.96 bits per heavy atom. The van der Waals surface area contributed by atoms with Gasteiger partial charge in [-0.1, -0.05) is 16.7 Å². The topological polar surface area (TPSA) is 133 Å². The average Bonchev–Trinajstić information content (AvgIpc) is 2.87. The van der Waals surface area contributed by atoms with E-state index < -0.39 is 11.0 Å². The number of amides is 2. The molecule has 0 atom stereocenters. The van der Waals surface area contributed by atoms with Crippen molar-refractivity contribution in [2.75, 3.05) is 5.32 Å². The van der Waals surface area contributed by atoms with E-state index >= 15 is 0 Å². The molecule has 3 rings (SSSR count). The second kappa shape index (κ2) is 6.57. The molecule has 3 N–H and O–H groups in total. The third kappa shape index (κ3) is 3.56. The number of carbonyl (C=O) groups is 1. The summed E-state index contributed by atoms with van der Waals surface area (Å²) in [6, 6.07) is 9.31. The van der Waals surface area contributed by atoms with Crippen molar-refractivity contribution in [2.24, 2.45) is 10.2 Å². The summed E-state index contributed by atoms with van der Waals surface area (Å²) in [4.78, 5) is 24.5. The molecule has 0 spiro atoms. The van der Waals surface area contributed by atoms with Gasteiger partial charge in [-0.3, -0.25) is 10.1 Å². The Kier molecular flexibility index (Phi) is 4.31. The highest BCUT2D eigenvalue weighted by Gasteiger charge is 2.11. The van der Waals surface area contributed by atoms with E-state index in [1.54, 1.807) is 18.2 Å². The first-order chi connectivity index (χ1) is 11.9. The number of nitrogens with zero attached hydrogens (tertiary/aromatic N) is 3. The van der Waals surface area contributed by atoms with Gasteiger partial charge in [-0.05, 0) is 30.3 Å². The Morgan fingerprint density at radius 3 is 2.64 bits per heavy atom. The number of H-pyrrole nitrogens is 1. The van der Waals surface area contributed by atoms with Crippen LogP contribution in [0.3, 0.4) is 0 Å². The SMILES string of the molecule is O=C(N=Nc1c(O)[nH]c2cc(Cl)ccc12)Nc1ccc([N+](=O)[O-])cc1. The Labute approximate surface area is 145 Å². The molecule has 1 aromatic heterocycles. The first kappa shape index (κ1) is 16.4. The van der Waals surface area contributed by atoms with Crippen LogP contribution in [0.2, 0.25) is 5.02 Å². The number of non-ortho nitro benzene ring substituents is 1. The first-order valence-electron chi connectivity index (χ1n) is 6.91. The predicted molar refractivity (Wildman–Crippen MR) is 91.6 cm³/mol. The zero-order valence-electron chi connectivity index (χ0n) is 12.4. The number of hydrogen-bond donors (Lipinski definition) is 3. The summed E-state index contributed by atoms with van der Waals surface area (Å²) in [6.07, 6.45) is 0. The molecule has 0 aliphatic carbocycles. The smallest absolute Gasteiger partial charge is 0.364 e. The van der Waals surface area contributed by atoms with Gasteiger partial charge in [0.1, 0.15) is 0 Å². The lowest BCUT2D eigenvalue weighted by atomic mass is 10.2. The summed E-state index contributed by atoms with van der Waals surface area (Å²) < 4.78 is 0. The molecule has 0 fully saturated rings. The molecule has 25 heavy (non-hydrogen) atoms. The Bertz CT molecular complexity index is 997. The van der Waals surface area contributed by atoms with Gasteiger partial charge in [-0.25, -0.2) is 4.79 Å². The van der Waals surface area contributed by atoms with Gasteiger partial charge in [-0.2, -0.15) is 0 Å². The Balaban J connectivity index is 1.76. The number of anilines is 1. The van der Waals surface area contributed by atoms with Crippen LogP contribution in [0.15, 0.2) is 52.7 Å². The van der Waals surface area contributed by atoms with Crippen molar-refractivity contribution in [2.45, 2.75) is 0 Å². The highest BCUT2D eigenvalue weighted by molar-refractivity contribution is 6.31. The monoisotopic (exact) mass is 359 g/mol. The number of nitro benzene ring substituents is 1. The van der Waals surface area contributed by atoms with E-state index in [9.17, 15) is 20.0 Å². The zero-order valence-corrected chi connectivity index (χ0v) is 13.2. The number of nitro groups is 1. The van der Waals surface area contributed by atoms with Gasteiger partial charge in [0, 0.05) is 28.2 Å². The molecule has 9 nitrogen and oxygen atoms in total. The Morgan fingerprint density at radius 1 is 1.24 bits per heavy atom. The van der Waals surface area contributed by atoms with Gasteiger partial charge < -0.3 is 15.4 Å². The number of hydrogen-bond acceptors (Lipinski definition) is 5. The van der Waals surface area contributed by atoms with Crippen molar-refractivity contribution in [1.29, 1.82) is 0 Å². The lowest BCUT2D eigenvalue weighted by Gasteiger charge is -2.00. The molecule has 1 heterocycles. The molecule has 0 aliphatic rings. The van der Waals surface area contributed by atoms with Crippen molar-refractivity contribution in [3.8, 4) is 5.88 Å². The predicted octanol–water partition coefficient (Wildman–Crippen LogP) is 4.75. The minimum absolute atomic E-state index is 0.0954. The van der Waals surface area contributed by atoms with Crippen LogP contribution in [-0.4, -0.2) is 21.0 Å². The molecular weight excluding hydrogens is 350 g/mol. The van der Waals surface area contributed by atoms with Gasteiger partial charge in [0.2, 0.25) is 5.88 Å². The van der Waals surface area contributed by atoms with E-state index in [4.69, 9.17) is 11.6 Å². The molecule has 0 aliphatic heterocycles. The lowest BCUT2D eigenvalue weighted by molar-refractivity contribution is -0.384.